The Morgan fingerprint density at radius 3 is 2.89 bits per heavy atom. The highest BCUT2D eigenvalue weighted by molar-refractivity contribution is 7.81. The Bertz CT molecular complexity index is 170. The third kappa shape index (κ3) is 1.52. The van der Waals surface area contributed by atoms with Crippen LogP contribution in [0.25, 0.3) is 0 Å². The molecule has 9 heavy (non-hydrogen) atoms. The predicted octanol–water partition coefficient (Wildman–Crippen LogP) is 1.48. The van der Waals surface area contributed by atoms with E-state index in [-0.39, 0.29) is 0 Å². The first-order chi connectivity index (χ1) is 4.20. The molecule has 0 amide bonds. The fraction of sp³-hybridized carbons (Fsp3) is 0.429. The minimum absolute atomic E-state index is 0.372. The molecule has 1 nitrogen and oxygen atoms in total. The summed E-state index contributed by atoms with van der Waals surface area (Å²) in [6.07, 6.45) is 5.07. The molecule has 50 valence electrons. The van der Waals surface area contributed by atoms with Crippen LogP contribution in [-0.2, 0) is 0 Å². The Balaban J connectivity index is 2.75. The lowest BCUT2D eigenvalue weighted by Crippen LogP contribution is -2.07. The molecule has 0 saturated carbocycles. The van der Waals surface area contributed by atoms with E-state index in [1.54, 1.807) is 0 Å². The van der Waals surface area contributed by atoms with Crippen LogP contribution < -0.4 is 5.73 Å². The van der Waals surface area contributed by atoms with Gasteiger partial charge in [-0.15, -0.1) is 0 Å². The van der Waals surface area contributed by atoms with Crippen molar-refractivity contribution < 1.29 is 0 Å². The molecule has 0 aromatic heterocycles. The summed E-state index contributed by atoms with van der Waals surface area (Å²) in [4.78, 5) is 0. The number of rotatable bonds is 0. The SMILES string of the molecule is CC1=CC(S)CC=C1N. The third-order valence-electron chi connectivity index (χ3n) is 1.48. The van der Waals surface area contributed by atoms with E-state index in [9.17, 15) is 0 Å². The molecule has 1 aliphatic carbocycles. The molecule has 1 aliphatic rings. The van der Waals surface area contributed by atoms with Crippen LogP contribution in [-0.4, -0.2) is 5.25 Å². The Morgan fingerprint density at radius 1 is 1.78 bits per heavy atom. The van der Waals surface area contributed by atoms with Crippen LogP contribution >= 0.6 is 12.6 Å². The first-order valence-corrected chi connectivity index (χ1v) is 3.54. The van der Waals surface area contributed by atoms with Crippen molar-refractivity contribution in [2.45, 2.75) is 18.6 Å². The second-order valence-electron chi connectivity index (χ2n) is 2.31. The maximum Gasteiger partial charge on any atom is 0.0300 e. The van der Waals surface area contributed by atoms with Crippen molar-refractivity contribution >= 4 is 12.6 Å². The second-order valence-corrected chi connectivity index (χ2v) is 2.98. The van der Waals surface area contributed by atoms with Crippen molar-refractivity contribution in [3.8, 4) is 0 Å². The van der Waals surface area contributed by atoms with Gasteiger partial charge < -0.3 is 5.73 Å². The van der Waals surface area contributed by atoms with Gasteiger partial charge in [-0.2, -0.15) is 12.6 Å². The fourth-order valence-electron chi connectivity index (χ4n) is 0.862. The molecule has 1 atom stereocenters. The Kier molecular flexibility index (Phi) is 1.86. The van der Waals surface area contributed by atoms with Crippen LogP contribution in [0.3, 0.4) is 0 Å². The van der Waals surface area contributed by atoms with Crippen LogP contribution in [0.4, 0.5) is 0 Å². The number of hydrogen-bond donors (Lipinski definition) is 2. The van der Waals surface area contributed by atoms with Gasteiger partial charge in [-0.05, 0) is 18.9 Å². The molecule has 0 fully saturated rings. The lowest BCUT2D eigenvalue weighted by molar-refractivity contribution is 1.01. The van der Waals surface area contributed by atoms with E-state index >= 15 is 0 Å². The van der Waals surface area contributed by atoms with E-state index in [0.717, 1.165) is 17.7 Å². The maximum atomic E-state index is 5.60. The number of nitrogens with two attached hydrogens (primary N) is 1. The molecule has 0 aliphatic heterocycles. The Hall–Kier alpha value is -0.370. The topological polar surface area (TPSA) is 26.0 Å². The highest BCUT2D eigenvalue weighted by Gasteiger charge is 2.05. The Morgan fingerprint density at radius 2 is 2.44 bits per heavy atom. The molecule has 0 spiro atoms. The molecule has 0 aromatic carbocycles. The van der Waals surface area contributed by atoms with E-state index in [2.05, 4.69) is 18.7 Å². The van der Waals surface area contributed by atoms with Crippen molar-refractivity contribution in [3.05, 3.63) is 23.4 Å². The largest absolute Gasteiger partial charge is 0.399 e. The molecule has 0 radical (unpaired) electrons. The van der Waals surface area contributed by atoms with Crippen LogP contribution in [0.2, 0.25) is 0 Å². The van der Waals surface area contributed by atoms with Gasteiger partial charge in [0.15, 0.2) is 0 Å². The van der Waals surface area contributed by atoms with Crippen LogP contribution in [0.1, 0.15) is 13.3 Å². The maximum absolute atomic E-state index is 5.60. The van der Waals surface area contributed by atoms with Crippen molar-refractivity contribution in [2.24, 2.45) is 5.73 Å². The van der Waals surface area contributed by atoms with Gasteiger partial charge in [0, 0.05) is 10.9 Å². The standard InChI is InChI=1S/C7H11NS/c1-5-4-6(9)2-3-7(5)8/h3-4,6,9H,2,8H2,1H3. The first-order valence-electron chi connectivity index (χ1n) is 3.02. The van der Waals surface area contributed by atoms with Gasteiger partial charge in [-0.1, -0.05) is 12.2 Å². The summed E-state index contributed by atoms with van der Waals surface area (Å²) in [7, 11) is 0. The molecule has 0 bridgehead atoms. The average Bonchev–Trinajstić information content (AvgIpc) is 1.80. The molecule has 1 rings (SSSR count). The lowest BCUT2D eigenvalue weighted by Gasteiger charge is -2.11. The molecular formula is C7H11NS. The van der Waals surface area contributed by atoms with E-state index in [1.807, 2.05) is 13.0 Å². The van der Waals surface area contributed by atoms with E-state index in [4.69, 9.17) is 5.73 Å². The fourth-order valence-corrected chi connectivity index (χ4v) is 1.19. The van der Waals surface area contributed by atoms with Gasteiger partial charge in [0.1, 0.15) is 0 Å². The van der Waals surface area contributed by atoms with Gasteiger partial charge >= 0.3 is 0 Å². The second kappa shape index (κ2) is 2.48. The average molecular weight is 141 g/mol. The van der Waals surface area contributed by atoms with Gasteiger partial charge in [-0.25, -0.2) is 0 Å². The van der Waals surface area contributed by atoms with Crippen LogP contribution in [0, 0.1) is 0 Å². The lowest BCUT2D eigenvalue weighted by atomic mass is 10.1. The Labute approximate surface area is 61.0 Å². The minimum atomic E-state index is 0.372. The van der Waals surface area contributed by atoms with Crippen molar-refractivity contribution in [3.63, 3.8) is 0 Å². The van der Waals surface area contributed by atoms with Gasteiger partial charge in [0.05, 0.1) is 0 Å². The number of hydrogen-bond acceptors (Lipinski definition) is 2. The molecule has 0 saturated heterocycles. The summed E-state index contributed by atoms with van der Waals surface area (Å²) in [5.74, 6) is 0. The molecule has 2 N–H and O–H groups in total. The number of allylic oxidation sites excluding steroid dienone is 2. The van der Waals surface area contributed by atoms with Crippen molar-refractivity contribution in [2.75, 3.05) is 0 Å². The third-order valence-corrected chi connectivity index (χ3v) is 1.84. The zero-order valence-corrected chi connectivity index (χ0v) is 6.36. The molecular weight excluding hydrogens is 130 g/mol. The van der Waals surface area contributed by atoms with Gasteiger partial charge in [0.25, 0.3) is 0 Å². The minimum Gasteiger partial charge on any atom is -0.399 e. The summed E-state index contributed by atoms with van der Waals surface area (Å²) in [5.41, 5.74) is 7.66. The van der Waals surface area contributed by atoms with Gasteiger partial charge in [0.2, 0.25) is 0 Å². The summed E-state index contributed by atoms with van der Waals surface area (Å²) in [6, 6.07) is 0. The molecule has 1 unspecified atom stereocenters. The molecule has 2 heteroatoms. The highest BCUT2D eigenvalue weighted by Crippen LogP contribution is 2.17. The smallest absolute Gasteiger partial charge is 0.0300 e. The predicted molar refractivity (Wildman–Crippen MR) is 43.4 cm³/mol. The summed E-state index contributed by atoms with van der Waals surface area (Å²) in [6.45, 7) is 2.01. The zero-order chi connectivity index (χ0) is 6.85. The highest BCUT2D eigenvalue weighted by atomic mass is 32.1. The van der Waals surface area contributed by atoms with E-state index in [1.165, 1.54) is 0 Å². The van der Waals surface area contributed by atoms with Crippen LogP contribution in [0.5, 0.6) is 0 Å². The monoisotopic (exact) mass is 141 g/mol. The van der Waals surface area contributed by atoms with Crippen molar-refractivity contribution in [1.29, 1.82) is 0 Å². The summed E-state index contributed by atoms with van der Waals surface area (Å²) in [5, 5.41) is 0.372. The van der Waals surface area contributed by atoms with Crippen LogP contribution in [0.15, 0.2) is 23.4 Å². The zero-order valence-electron chi connectivity index (χ0n) is 5.46. The van der Waals surface area contributed by atoms with E-state index in [0.29, 0.717) is 5.25 Å². The molecule has 0 heterocycles. The normalized spacial score (nSPS) is 27.1. The number of thiol groups is 1. The van der Waals surface area contributed by atoms with E-state index < -0.39 is 0 Å². The quantitative estimate of drug-likeness (QED) is 0.491. The summed E-state index contributed by atoms with van der Waals surface area (Å²) >= 11 is 4.28. The van der Waals surface area contributed by atoms with Crippen molar-refractivity contribution in [1.82, 2.24) is 0 Å². The first kappa shape index (κ1) is 6.75. The van der Waals surface area contributed by atoms with Gasteiger partial charge in [-0.3, -0.25) is 0 Å². The molecule has 0 aromatic rings. The summed E-state index contributed by atoms with van der Waals surface area (Å²) < 4.78 is 0.